The van der Waals surface area contributed by atoms with Gasteiger partial charge < -0.3 is 14.9 Å². The molecular weight excluding hydrogens is 508 g/mol. The maximum Gasteiger partial charge on any atom is 0.407 e. The average Bonchev–Trinajstić information content (AvgIpc) is 3.19. The predicted molar refractivity (Wildman–Crippen MR) is 132 cm³/mol. The number of rotatable bonds is 7. The minimum Gasteiger partial charge on any atom is -0.465 e. The third-order valence-electron chi connectivity index (χ3n) is 6.89. The van der Waals surface area contributed by atoms with Crippen LogP contribution in [0, 0.1) is 6.92 Å². The second-order valence-corrected chi connectivity index (χ2v) is 13.1. The molecule has 12 nitrogen and oxygen atoms in total. The Morgan fingerprint density at radius 2 is 1.75 bits per heavy atom. The van der Waals surface area contributed by atoms with Crippen LogP contribution in [0.1, 0.15) is 18.4 Å². The highest BCUT2D eigenvalue weighted by atomic mass is 32.2. The van der Waals surface area contributed by atoms with Crippen molar-refractivity contribution in [1.29, 1.82) is 0 Å². The molecule has 2 aromatic heterocycles. The summed E-state index contributed by atoms with van der Waals surface area (Å²) in [6, 6.07) is 7.99. The number of hydrogen-bond donors (Lipinski definition) is 2. The van der Waals surface area contributed by atoms with E-state index < -0.39 is 31.4 Å². The fourth-order valence-electron chi connectivity index (χ4n) is 4.51. The average molecular weight is 535 g/mol. The molecule has 1 aromatic carbocycles. The van der Waals surface area contributed by atoms with Crippen molar-refractivity contribution in [3.63, 3.8) is 0 Å². The first kappa shape index (κ1) is 24.5. The molecule has 0 unspecified atom stereocenters. The molecule has 0 radical (unpaired) electrons. The van der Waals surface area contributed by atoms with E-state index in [0.717, 1.165) is 14.4 Å². The largest absolute Gasteiger partial charge is 0.465 e. The molecule has 14 heteroatoms. The first-order valence-electron chi connectivity index (χ1n) is 11.3. The van der Waals surface area contributed by atoms with Gasteiger partial charge in [0.25, 0.3) is 10.0 Å². The van der Waals surface area contributed by atoms with Crippen molar-refractivity contribution in [1.82, 2.24) is 23.6 Å². The van der Waals surface area contributed by atoms with Crippen LogP contribution in [-0.4, -0.2) is 84.3 Å². The van der Waals surface area contributed by atoms with Crippen LogP contribution in [0.25, 0.3) is 11.0 Å². The zero-order valence-electron chi connectivity index (χ0n) is 19.6. The summed E-state index contributed by atoms with van der Waals surface area (Å²) in [5, 5.41) is 8.75. The zero-order valence-corrected chi connectivity index (χ0v) is 21.3. The number of hydrogen-bond acceptors (Lipinski definition) is 8. The van der Waals surface area contributed by atoms with Crippen molar-refractivity contribution in [2.75, 3.05) is 25.0 Å². The number of aromatic nitrogens is 3. The van der Waals surface area contributed by atoms with Crippen molar-refractivity contribution >= 4 is 43.0 Å². The van der Waals surface area contributed by atoms with Crippen LogP contribution in [0.15, 0.2) is 47.8 Å². The first-order chi connectivity index (χ1) is 17.0. The number of likely N-dealkylation sites (tertiary alicyclic amines) is 1. The highest BCUT2D eigenvalue weighted by Crippen LogP contribution is 2.33. The van der Waals surface area contributed by atoms with E-state index in [9.17, 15) is 21.6 Å². The Hall–Kier alpha value is -3.23. The van der Waals surface area contributed by atoms with Gasteiger partial charge in [-0.25, -0.2) is 40.3 Å². The van der Waals surface area contributed by atoms with E-state index in [-0.39, 0.29) is 35.7 Å². The standard InChI is InChI=1S/C22H26N6O6S2/c1-14-3-5-17(6-4-14)36(33,34)28-8-7-19-20(23-13-24-21(19)28)26(2)16-9-15(10-16)25-35(31,32)18-11-27(12-18)22(29)30/h3-8,13,15-16,18,25H,9-12H2,1-2H3,(H,29,30). The highest BCUT2D eigenvalue weighted by molar-refractivity contribution is 7.90. The smallest absolute Gasteiger partial charge is 0.407 e. The van der Waals surface area contributed by atoms with Crippen molar-refractivity contribution in [3.05, 3.63) is 48.4 Å². The molecule has 1 saturated carbocycles. The fourth-order valence-corrected chi connectivity index (χ4v) is 7.41. The molecule has 192 valence electrons. The van der Waals surface area contributed by atoms with Crippen LogP contribution >= 0.6 is 0 Å². The Bertz CT molecular complexity index is 1520. The number of nitrogens with one attached hydrogen (secondary N) is 1. The van der Waals surface area contributed by atoms with Gasteiger partial charge in [0.05, 0.1) is 10.3 Å². The molecule has 1 saturated heterocycles. The van der Waals surface area contributed by atoms with E-state index in [0.29, 0.717) is 24.0 Å². The summed E-state index contributed by atoms with van der Waals surface area (Å²) < 4.78 is 55.3. The first-order valence-corrected chi connectivity index (χ1v) is 14.3. The second kappa shape index (κ2) is 8.71. The lowest BCUT2D eigenvalue weighted by Crippen LogP contribution is -2.62. The fraction of sp³-hybridized carbons (Fsp3) is 0.409. The Morgan fingerprint density at radius 1 is 1.08 bits per heavy atom. The summed E-state index contributed by atoms with van der Waals surface area (Å²) in [5.74, 6) is 0.556. The van der Waals surface area contributed by atoms with Crippen molar-refractivity contribution in [3.8, 4) is 0 Å². The summed E-state index contributed by atoms with van der Waals surface area (Å²) in [6.45, 7) is 1.83. The summed E-state index contributed by atoms with van der Waals surface area (Å²) in [5.41, 5.74) is 1.21. The summed E-state index contributed by atoms with van der Waals surface area (Å²) in [4.78, 5) is 22.6. The number of fused-ring (bicyclic) bond motifs is 1. The number of carbonyl (C=O) groups is 1. The zero-order chi connectivity index (χ0) is 25.8. The van der Waals surface area contributed by atoms with E-state index in [1.807, 2.05) is 18.9 Å². The molecule has 0 spiro atoms. The minimum atomic E-state index is -3.85. The summed E-state index contributed by atoms with van der Waals surface area (Å²) >= 11 is 0. The molecule has 1 amide bonds. The Balaban J connectivity index is 1.29. The maximum absolute atomic E-state index is 13.2. The van der Waals surface area contributed by atoms with Gasteiger partial charge in [0.1, 0.15) is 17.4 Å². The summed E-state index contributed by atoms with van der Waals surface area (Å²) in [7, 11) is -5.62. The van der Waals surface area contributed by atoms with Gasteiger partial charge in [-0.05, 0) is 38.0 Å². The second-order valence-electron chi connectivity index (χ2n) is 9.27. The molecule has 3 aromatic rings. The van der Waals surface area contributed by atoms with Gasteiger partial charge in [0.2, 0.25) is 10.0 Å². The highest BCUT2D eigenvalue weighted by Gasteiger charge is 2.43. The van der Waals surface area contributed by atoms with E-state index in [4.69, 9.17) is 5.11 Å². The van der Waals surface area contributed by atoms with Crippen LogP contribution < -0.4 is 9.62 Å². The van der Waals surface area contributed by atoms with E-state index in [1.54, 1.807) is 30.3 Å². The third kappa shape index (κ3) is 4.18. The molecular formula is C22H26N6O6S2. The molecule has 36 heavy (non-hydrogen) atoms. The maximum atomic E-state index is 13.2. The van der Waals surface area contributed by atoms with Crippen LogP contribution in [0.5, 0.6) is 0 Å². The molecule has 0 atom stereocenters. The van der Waals surface area contributed by atoms with Gasteiger partial charge in [0, 0.05) is 38.4 Å². The SMILES string of the molecule is Cc1ccc(S(=O)(=O)n2ccc3c(N(C)C4CC(NS(=O)(=O)C5CN(C(=O)O)C5)C4)ncnc32)cc1. The Morgan fingerprint density at radius 3 is 2.39 bits per heavy atom. The summed E-state index contributed by atoms with van der Waals surface area (Å²) in [6.07, 6.45) is 2.74. The number of nitrogens with zero attached hydrogens (tertiary/aromatic N) is 5. The van der Waals surface area contributed by atoms with E-state index in [1.165, 1.54) is 12.5 Å². The Labute approximate surface area is 208 Å². The number of benzene rings is 1. The van der Waals surface area contributed by atoms with Crippen LogP contribution in [0.4, 0.5) is 10.6 Å². The molecule has 2 fully saturated rings. The third-order valence-corrected chi connectivity index (χ3v) is 10.4. The topological polar surface area (TPSA) is 155 Å². The molecule has 3 heterocycles. The number of anilines is 1. The Kier molecular flexibility index (Phi) is 5.92. The van der Waals surface area contributed by atoms with Gasteiger partial charge in [-0.1, -0.05) is 17.7 Å². The van der Waals surface area contributed by atoms with Crippen LogP contribution in [0.2, 0.25) is 0 Å². The predicted octanol–water partition coefficient (Wildman–Crippen LogP) is 1.23. The van der Waals surface area contributed by atoms with E-state index >= 15 is 0 Å². The van der Waals surface area contributed by atoms with Crippen molar-refractivity contribution < 1.29 is 26.7 Å². The van der Waals surface area contributed by atoms with Crippen molar-refractivity contribution in [2.45, 2.75) is 42.0 Å². The normalized spacial score (nSPS) is 20.7. The molecule has 0 bridgehead atoms. The lowest BCUT2D eigenvalue weighted by molar-refractivity contribution is 0.119. The number of amides is 1. The van der Waals surface area contributed by atoms with Crippen molar-refractivity contribution in [2.24, 2.45) is 0 Å². The quantitative estimate of drug-likeness (QED) is 0.455. The van der Waals surface area contributed by atoms with Gasteiger partial charge in [0.15, 0.2) is 5.65 Å². The molecule has 5 rings (SSSR count). The number of sulfonamides is 1. The van der Waals surface area contributed by atoms with Gasteiger partial charge in [-0.2, -0.15) is 0 Å². The van der Waals surface area contributed by atoms with Crippen LogP contribution in [0.3, 0.4) is 0 Å². The number of carboxylic acid groups (broad SMARTS) is 1. The molecule has 2 aliphatic rings. The number of aryl methyl sites for hydroxylation is 1. The molecule has 2 N–H and O–H groups in total. The van der Waals surface area contributed by atoms with Gasteiger partial charge in [-0.3, -0.25) is 0 Å². The monoisotopic (exact) mass is 534 g/mol. The molecule has 1 aliphatic carbocycles. The van der Waals surface area contributed by atoms with Crippen LogP contribution in [-0.2, 0) is 20.0 Å². The lowest BCUT2D eigenvalue weighted by atomic mass is 9.86. The molecule has 1 aliphatic heterocycles. The lowest BCUT2D eigenvalue weighted by Gasteiger charge is -2.43. The van der Waals surface area contributed by atoms with E-state index in [2.05, 4.69) is 14.7 Å². The minimum absolute atomic E-state index is 0.00948. The van der Waals surface area contributed by atoms with Gasteiger partial charge >= 0.3 is 6.09 Å². The van der Waals surface area contributed by atoms with Gasteiger partial charge in [-0.15, -0.1) is 0 Å².